The van der Waals surface area contributed by atoms with Gasteiger partial charge in [0.05, 0.1) is 12.6 Å². The topological polar surface area (TPSA) is 122 Å². The summed E-state index contributed by atoms with van der Waals surface area (Å²) >= 11 is 0. The van der Waals surface area contributed by atoms with Crippen molar-refractivity contribution in [1.29, 1.82) is 0 Å². The van der Waals surface area contributed by atoms with Crippen molar-refractivity contribution in [1.82, 2.24) is 10.2 Å². The summed E-state index contributed by atoms with van der Waals surface area (Å²) in [5, 5.41) is 12.8. The fraction of sp³-hybridized carbons (Fsp3) is 0.654. The number of hydrogen-bond acceptors (Lipinski definition) is 5. The number of nitrogens with zero attached hydrogens (tertiary/aromatic N) is 1. The van der Waals surface area contributed by atoms with Gasteiger partial charge in [-0.25, -0.2) is 4.79 Å². The summed E-state index contributed by atoms with van der Waals surface area (Å²) in [5.41, 5.74) is 6.56. The molecule has 0 aliphatic heterocycles. The van der Waals surface area contributed by atoms with Crippen molar-refractivity contribution in [3.05, 3.63) is 35.9 Å². The van der Waals surface area contributed by atoms with Crippen LogP contribution in [0.5, 0.6) is 0 Å². The Morgan fingerprint density at radius 2 is 1.50 bits per heavy atom. The smallest absolute Gasteiger partial charge is 0.408 e. The number of ether oxygens (including phenoxy) is 1. The predicted octanol–water partition coefficient (Wildman–Crippen LogP) is 3.46. The molecule has 192 valence electrons. The van der Waals surface area contributed by atoms with Crippen LogP contribution in [0.2, 0.25) is 0 Å². The molecule has 0 saturated carbocycles. The molecule has 8 heteroatoms. The average molecular weight is 478 g/mol. The van der Waals surface area contributed by atoms with Crippen LogP contribution in [0.3, 0.4) is 0 Å². The molecule has 0 bridgehead atoms. The van der Waals surface area contributed by atoms with Gasteiger partial charge in [-0.15, -0.1) is 0 Å². The lowest BCUT2D eigenvalue weighted by Gasteiger charge is -2.39. The van der Waals surface area contributed by atoms with E-state index in [1.807, 2.05) is 71.9 Å². The zero-order chi connectivity index (χ0) is 25.8. The molecule has 0 spiro atoms. The minimum Gasteiger partial charge on any atom is -0.445 e. The van der Waals surface area contributed by atoms with Gasteiger partial charge in [-0.2, -0.15) is 0 Å². The Balaban J connectivity index is 3.20. The Morgan fingerprint density at radius 3 is 1.97 bits per heavy atom. The SMILES string of the molecule is CC(C)C[C@@H](CO)N(C(=O)[C@H](CC(C)C)NC(=O)OCc1ccccc1)[C@@H](CC(C)C)C(N)=O. The number of primary amides is 1. The van der Waals surface area contributed by atoms with E-state index in [0.29, 0.717) is 19.3 Å². The fourth-order valence-corrected chi connectivity index (χ4v) is 4.00. The molecule has 3 amide bonds. The van der Waals surface area contributed by atoms with Gasteiger partial charge in [0.2, 0.25) is 11.8 Å². The molecule has 0 saturated heterocycles. The molecule has 1 aromatic rings. The molecule has 1 rings (SSSR count). The second kappa shape index (κ2) is 14.6. The number of alkyl carbamates (subject to hydrolysis) is 1. The van der Waals surface area contributed by atoms with Crippen LogP contribution in [0.15, 0.2) is 30.3 Å². The zero-order valence-corrected chi connectivity index (χ0v) is 21.5. The maximum Gasteiger partial charge on any atom is 0.408 e. The Bertz CT molecular complexity index is 767. The van der Waals surface area contributed by atoms with Crippen LogP contribution in [0.4, 0.5) is 4.79 Å². The first-order valence-electron chi connectivity index (χ1n) is 12.2. The Kier molecular flexibility index (Phi) is 12.6. The average Bonchev–Trinajstić information content (AvgIpc) is 2.75. The summed E-state index contributed by atoms with van der Waals surface area (Å²) in [5.74, 6) is -0.709. The van der Waals surface area contributed by atoms with Gasteiger partial charge < -0.3 is 25.8 Å². The highest BCUT2D eigenvalue weighted by Gasteiger charge is 2.38. The lowest BCUT2D eigenvalue weighted by atomic mass is 9.94. The van der Waals surface area contributed by atoms with E-state index in [2.05, 4.69) is 5.32 Å². The lowest BCUT2D eigenvalue weighted by Crippen LogP contribution is -2.60. The van der Waals surface area contributed by atoms with Crippen molar-refractivity contribution in [3.63, 3.8) is 0 Å². The lowest BCUT2D eigenvalue weighted by molar-refractivity contribution is -0.146. The second-order valence-electron chi connectivity index (χ2n) is 10.1. The van der Waals surface area contributed by atoms with Crippen molar-refractivity contribution < 1.29 is 24.2 Å². The van der Waals surface area contributed by atoms with E-state index in [1.165, 1.54) is 4.90 Å². The number of nitrogens with two attached hydrogens (primary N) is 1. The third-order valence-electron chi connectivity index (χ3n) is 5.47. The minimum atomic E-state index is -0.918. The molecule has 34 heavy (non-hydrogen) atoms. The fourth-order valence-electron chi connectivity index (χ4n) is 4.00. The zero-order valence-electron chi connectivity index (χ0n) is 21.5. The molecule has 8 nitrogen and oxygen atoms in total. The number of benzene rings is 1. The highest BCUT2D eigenvalue weighted by atomic mass is 16.5. The normalized spacial score (nSPS) is 14.1. The van der Waals surface area contributed by atoms with Crippen molar-refractivity contribution in [2.24, 2.45) is 23.5 Å². The summed E-state index contributed by atoms with van der Waals surface area (Å²) in [6, 6.07) is 6.85. The second-order valence-corrected chi connectivity index (χ2v) is 10.1. The van der Waals surface area contributed by atoms with Gasteiger partial charge in [-0.1, -0.05) is 71.9 Å². The van der Waals surface area contributed by atoms with E-state index in [4.69, 9.17) is 10.5 Å². The van der Waals surface area contributed by atoms with Crippen LogP contribution in [0.25, 0.3) is 0 Å². The standard InChI is InChI=1S/C26H43N3O5/c1-17(2)12-21(15-30)29(23(24(27)31)14-19(5)6)25(32)22(13-18(3)4)28-26(33)34-16-20-10-8-7-9-11-20/h7-11,17-19,21-23,30H,12-16H2,1-6H3,(H2,27,31)(H,28,33)/t21-,22-,23-/m0/s1. The maximum absolute atomic E-state index is 13.8. The van der Waals surface area contributed by atoms with Gasteiger partial charge in [-0.05, 0) is 42.6 Å². The van der Waals surface area contributed by atoms with Crippen molar-refractivity contribution in [2.75, 3.05) is 6.61 Å². The van der Waals surface area contributed by atoms with E-state index < -0.39 is 36.0 Å². The van der Waals surface area contributed by atoms with Crippen molar-refractivity contribution >= 4 is 17.9 Å². The first-order chi connectivity index (χ1) is 16.0. The molecule has 4 N–H and O–H groups in total. The molecule has 0 radical (unpaired) electrons. The third-order valence-corrected chi connectivity index (χ3v) is 5.47. The maximum atomic E-state index is 13.8. The highest BCUT2D eigenvalue weighted by molar-refractivity contribution is 5.91. The number of rotatable bonds is 14. The molecule has 3 atom stereocenters. The van der Waals surface area contributed by atoms with Gasteiger partial charge in [0, 0.05) is 0 Å². The minimum absolute atomic E-state index is 0.0723. The molecule has 0 aromatic heterocycles. The van der Waals surface area contributed by atoms with Crippen LogP contribution in [-0.4, -0.2) is 52.6 Å². The highest BCUT2D eigenvalue weighted by Crippen LogP contribution is 2.22. The van der Waals surface area contributed by atoms with Crippen LogP contribution in [-0.2, 0) is 20.9 Å². The predicted molar refractivity (Wildman–Crippen MR) is 133 cm³/mol. The number of amides is 3. The van der Waals surface area contributed by atoms with Gasteiger partial charge in [0.15, 0.2) is 0 Å². The monoisotopic (exact) mass is 477 g/mol. The number of carbonyl (C=O) groups is 3. The van der Waals surface area contributed by atoms with E-state index in [9.17, 15) is 19.5 Å². The quantitative estimate of drug-likeness (QED) is 0.379. The van der Waals surface area contributed by atoms with E-state index in [-0.39, 0.29) is 31.0 Å². The molecular formula is C26H43N3O5. The van der Waals surface area contributed by atoms with Gasteiger partial charge >= 0.3 is 6.09 Å². The largest absolute Gasteiger partial charge is 0.445 e. The van der Waals surface area contributed by atoms with Crippen molar-refractivity contribution in [3.8, 4) is 0 Å². The van der Waals surface area contributed by atoms with Crippen LogP contribution in [0, 0.1) is 17.8 Å². The van der Waals surface area contributed by atoms with E-state index >= 15 is 0 Å². The van der Waals surface area contributed by atoms with Gasteiger partial charge in [0.25, 0.3) is 0 Å². The van der Waals surface area contributed by atoms with E-state index in [0.717, 1.165) is 5.56 Å². The summed E-state index contributed by atoms with van der Waals surface area (Å²) in [6.07, 6.45) is 0.495. The molecule has 0 aliphatic carbocycles. The Hall–Kier alpha value is -2.61. The summed E-state index contributed by atoms with van der Waals surface area (Å²) in [6.45, 7) is 11.5. The van der Waals surface area contributed by atoms with Crippen LogP contribution < -0.4 is 11.1 Å². The molecule has 0 aliphatic rings. The molecule has 0 unspecified atom stereocenters. The Morgan fingerprint density at radius 1 is 0.941 bits per heavy atom. The number of carbonyl (C=O) groups excluding carboxylic acids is 3. The number of hydrogen-bond donors (Lipinski definition) is 3. The molecular weight excluding hydrogens is 434 g/mol. The van der Waals surface area contributed by atoms with Gasteiger partial charge in [-0.3, -0.25) is 9.59 Å². The first kappa shape index (κ1) is 29.4. The summed E-state index contributed by atoms with van der Waals surface area (Å²) in [4.78, 5) is 40.3. The molecule has 0 heterocycles. The van der Waals surface area contributed by atoms with Gasteiger partial charge in [0.1, 0.15) is 18.7 Å². The number of aliphatic hydroxyl groups excluding tert-OH is 1. The van der Waals surface area contributed by atoms with E-state index in [1.54, 1.807) is 0 Å². The summed E-state index contributed by atoms with van der Waals surface area (Å²) in [7, 11) is 0. The molecule has 0 fully saturated rings. The Labute approximate surface area is 204 Å². The first-order valence-corrected chi connectivity index (χ1v) is 12.2. The number of nitrogens with one attached hydrogen (secondary N) is 1. The third kappa shape index (κ3) is 10.1. The van der Waals surface area contributed by atoms with Crippen LogP contribution >= 0.6 is 0 Å². The van der Waals surface area contributed by atoms with Crippen molar-refractivity contribution in [2.45, 2.75) is 85.5 Å². The number of aliphatic hydroxyl groups is 1. The summed E-state index contributed by atoms with van der Waals surface area (Å²) < 4.78 is 5.33. The molecule has 1 aromatic carbocycles. The van der Waals surface area contributed by atoms with Crippen LogP contribution in [0.1, 0.15) is 66.4 Å².